The zero-order chi connectivity index (χ0) is 16.2. The minimum atomic E-state index is -0.579. The van der Waals surface area contributed by atoms with Crippen LogP contribution in [0.4, 0.5) is 0 Å². The number of rotatable bonds is 7. The zero-order valence-corrected chi connectivity index (χ0v) is 14.3. The Morgan fingerprint density at radius 2 is 1.73 bits per heavy atom. The summed E-state index contributed by atoms with van der Waals surface area (Å²) in [6.07, 6.45) is 3.58. The molecule has 7 heteroatoms. The van der Waals surface area contributed by atoms with Gasteiger partial charge in [-0.25, -0.2) is 9.59 Å². The van der Waals surface area contributed by atoms with Crippen molar-refractivity contribution in [2.75, 3.05) is 13.2 Å². The van der Waals surface area contributed by atoms with Crippen LogP contribution in [0.5, 0.6) is 5.75 Å². The number of benzene rings is 1. The van der Waals surface area contributed by atoms with Gasteiger partial charge in [0.2, 0.25) is 0 Å². The van der Waals surface area contributed by atoms with Crippen molar-refractivity contribution in [1.82, 2.24) is 0 Å². The molecule has 0 radical (unpaired) electrons. The summed E-state index contributed by atoms with van der Waals surface area (Å²) in [7, 11) is 0.767. The second-order valence-electron chi connectivity index (χ2n) is 4.04. The SMILES string of the molecule is C=COCCOc1ccc(CO[SiH3])cc1.O=C1C=CC(=O)O1. The van der Waals surface area contributed by atoms with Gasteiger partial charge in [0.15, 0.2) is 0 Å². The van der Waals surface area contributed by atoms with Crippen molar-refractivity contribution in [3.8, 4) is 5.75 Å². The highest BCUT2D eigenvalue weighted by Gasteiger charge is 2.10. The van der Waals surface area contributed by atoms with Crippen molar-refractivity contribution in [3.63, 3.8) is 0 Å². The standard InChI is InChI=1S/C11H16O3Si.C4H2O3/c1-2-12-7-8-13-11-5-3-10(4-6-11)9-14-15;5-3-1-2-4(6)7-3/h2-6H,1,7-9H2,15H3;1-2H. The largest absolute Gasteiger partial charge is 0.498 e. The van der Waals surface area contributed by atoms with Crippen LogP contribution in [0, 0.1) is 0 Å². The van der Waals surface area contributed by atoms with Crippen molar-refractivity contribution in [1.29, 1.82) is 0 Å². The molecular formula is C15H18O6Si. The Morgan fingerprint density at radius 3 is 2.18 bits per heavy atom. The maximum atomic E-state index is 9.92. The summed E-state index contributed by atoms with van der Waals surface area (Å²) >= 11 is 0. The Bertz CT molecular complexity index is 507. The van der Waals surface area contributed by atoms with E-state index < -0.39 is 11.9 Å². The molecule has 0 saturated carbocycles. The van der Waals surface area contributed by atoms with Gasteiger partial charge in [-0.05, 0) is 17.7 Å². The van der Waals surface area contributed by atoms with Gasteiger partial charge < -0.3 is 18.6 Å². The number of hydrogen-bond acceptors (Lipinski definition) is 6. The second-order valence-corrected chi connectivity index (χ2v) is 4.61. The molecule has 22 heavy (non-hydrogen) atoms. The fourth-order valence-electron chi connectivity index (χ4n) is 1.44. The molecule has 0 atom stereocenters. The molecule has 0 fully saturated rings. The maximum absolute atomic E-state index is 9.92. The van der Waals surface area contributed by atoms with Gasteiger partial charge in [0.05, 0.1) is 12.9 Å². The first-order valence-electron chi connectivity index (χ1n) is 6.52. The Hall–Kier alpha value is -2.38. The quantitative estimate of drug-likeness (QED) is 0.241. The van der Waals surface area contributed by atoms with E-state index in [9.17, 15) is 9.59 Å². The molecule has 0 amide bonds. The number of ether oxygens (including phenoxy) is 3. The lowest BCUT2D eigenvalue weighted by Gasteiger charge is -2.06. The summed E-state index contributed by atoms with van der Waals surface area (Å²) in [6.45, 7) is 5.19. The Morgan fingerprint density at radius 1 is 1.09 bits per heavy atom. The molecule has 0 saturated heterocycles. The van der Waals surface area contributed by atoms with E-state index in [1.807, 2.05) is 24.3 Å². The lowest BCUT2D eigenvalue weighted by Crippen LogP contribution is -2.03. The molecule has 0 spiro atoms. The third-order valence-electron chi connectivity index (χ3n) is 2.38. The first kappa shape index (κ1) is 17.7. The summed E-state index contributed by atoms with van der Waals surface area (Å²) < 4.78 is 19.5. The lowest BCUT2D eigenvalue weighted by atomic mass is 10.2. The fraction of sp³-hybridized carbons (Fsp3) is 0.200. The molecule has 0 N–H and O–H groups in total. The Balaban J connectivity index is 0.000000287. The third-order valence-corrected chi connectivity index (χ3v) is 2.67. The van der Waals surface area contributed by atoms with Crippen molar-refractivity contribution < 1.29 is 28.2 Å². The highest BCUT2D eigenvalue weighted by molar-refractivity contribution is 6.04. The molecule has 1 aromatic carbocycles. The van der Waals surface area contributed by atoms with Crippen LogP contribution in [0.1, 0.15) is 5.56 Å². The van der Waals surface area contributed by atoms with E-state index in [2.05, 4.69) is 11.3 Å². The average molecular weight is 322 g/mol. The van der Waals surface area contributed by atoms with Gasteiger partial charge in [0.1, 0.15) is 29.4 Å². The van der Waals surface area contributed by atoms with Crippen LogP contribution in [0.25, 0.3) is 0 Å². The van der Waals surface area contributed by atoms with Crippen molar-refractivity contribution in [3.05, 3.63) is 54.8 Å². The van der Waals surface area contributed by atoms with Gasteiger partial charge in [-0.15, -0.1) is 0 Å². The number of carbonyl (C=O) groups is 2. The number of esters is 2. The molecule has 2 rings (SSSR count). The van der Waals surface area contributed by atoms with Crippen LogP contribution in [-0.2, 0) is 30.1 Å². The molecule has 1 aliphatic rings. The number of cyclic esters (lactones) is 2. The van der Waals surface area contributed by atoms with E-state index in [-0.39, 0.29) is 0 Å². The van der Waals surface area contributed by atoms with E-state index in [0.29, 0.717) is 19.8 Å². The van der Waals surface area contributed by atoms with Crippen molar-refractivity contribution in [2.24, 2.45) is 0 Å². The molecule has 0 aromatic heterocycles. The lowest BCUT2D eigenvalue weighted by molar-refractivity contribution is -0.150. The molecule has 0 bridgehead atoms. The maximum Gasteiger partial charge on any atom is 0.338 e. The predicted octanol–water partition coefficient (Wildman–Crippen LogP) is 0.648. The third kappa shape index (κ3) is 7.41. The van der Waals surface area contributed by atoms with Crippen LogP contribution in [0.15, 0.2) is 49.3 Å². The monoisotopic (exact) mass is 322 g/mol. The second kappa shape index (κ2) is 10.4. The summed E-state index contributed by atoms with van der Waals surface area (Å²) in [5.41, 5.74) is 1.17. The van der Waals surface area contributed by atoms with Crippen LogP contribution in [-0.4, -0.2) is 35.6 Å². The van der Waals surface area contributed by atoms with E-state index in [0.717, 1.165) is 28.4 Å². The minimum absolute atomic E-state index is 0.523. The van der Waals surface area contributed by atoms with E-state index in [1.54, 1.807) is 0 Å². The van der Waals surface area contributed by atoms with E-state index >= 15 is 0 Å². The molecule has 1 aromatic rings. The predicted molar refractivity (Wildman–Crippen MR) is 83.1 cm³/mol. The zero-order valence-electron chi connectivity index (χ0n) is 12.3. The highest BCUT2D eigenvalue weighted by Crippen LogP contribution is 2.12. The normalized spacial score (nSPS) is 12.4. The smallest absolute Gasteiger partial charge is 0.338 e. The summed E-state index contributed by atoms with van der Waals surface area (Å²) in [6, 6.07) is 7.87. The summed E-state index contributed by atoms with van der Waals surface area (Å²) in [4.78, 5) is 19.8. The molecule has 0 unspecified atom stereocenters. The average Bonchev–Trinajstić information content (AvgIpc) is 2.90. The van der Waals surface area contributed by atoms with Gasteiger partial charge in [-0.3, -0.25) is 0 Å². The first-order valence-corrected chi connectivity index (χ1v) is 7.34. The summed E-state index contributed by atoms with van der Waals surface area (Å²) in [5, 5.41) is 0. The number of hydrogen-bond donors (Lipinski definition) is 0. The molecule has 1 heterocycles. The van der Waals surface area contributed by atoms with Gasteiger partial charge >= 0.3 is 11.9 Å². The van der Waals surface area contributed by atoms with Gasteiger partial charge in [0, 0.05) is 12.2 Å². The molecule has 118 valence electrons. The molecule has 6 nitrogen and oxygen atoms in total. The van der Waals surface area contributed by atoms with Crippen molar-refractivity contribution in [2.45, 2.75) is 6.61 Å². The Labute approximate surface area is 131 Å². The highest BCUT2D eigenvalue weighted by atomic mass is 28.2. The first-order chi connectivity index (χ1) is 10.7. The molecular weight excluding hydrogens is 304 g/mol. The molecule has 0 aliphatic carbocycles. The van der Waals surface area contributed by atoms with Gasteiger partial charge in [0.25, 0.3) is 0 Å². The van der Waals surface area contributed by atoms with Crippen molar-refractivity contribution >= 4 is 22.4 Å². The van der Waals surface area contributed by atoms with Gasteiger partial charge in [-0.2, -0.15) is 0 Å². The van der Waals surface area contributed by atoms with Gasteiger partial charge in [-0.1, -0.05) is 18.7 Å². The topological polar surface area (TPSA) is 71.1 Å². The number of carbonyl (C=O) groups excluding carboxylic acids is 2. The van der Waals surface area contributed by atoms with Crippen LogP contribution in [0.2, 0.25) is 0 Å². The minimum Gasteiger partial charge on any atom is -0.498 e. The van der Waals surface area contributed by atoms with Crippen LogP contribution < -0.4 is 4.74 Å². The summed E-state index contributed by atoms with van der Waals surface area (Å²) in [5.74, 6) is -0.310. The van der Waals surface area contributed by atoms with E-state index in [4.69, 9.17) is 13.9 Å². The Kier molecular flexibility index (Phi) is 8.32. The van der Waals surface area contributed by atoms with E-state index in [1.165, 1.54) is 11.8 Å². The molecule has 1 aliphatic heterocycles. The van der Waals surface area contributed by atoms with Crippen LogP contribution >= 0.6 is 0 Å². The fourth-order valence-corrected chi connectivity index (χ4v) is 1.78. The van der Waals surface area contributed by atoms with Crippen LogP contribution in [0.3, 0.4) is 0 Å².